The zero-order chi connectivity index (χ0) is 21.8. The molecule has 0 aromatic heterocycles. The Labute approximate surface area is 187 Å². The van der Waals surface area contributed by atoms with Gasteiger partial charge in [0.25, 0.3) is 5.91 Å². The Morgan fingerprint density at radius 1 is 0.935 bits per heavy atom. The van der Waals surface area contributed by atoms with Gasteiger partial charge in [-0.3, -0.25) is 14.5 Å². The van der Waals surface area contributed by atoms with E-state index in [9.17, 15) is 9.59 Å². The van der Waals surface area contributed by atoms with Crippen molar-refractivity contribution in [2.75, 3.05) is 9.80 Å². The monoisotopic (exact) mass is 430 g/mol. The lowest BCUT2D eigenvalue weighted by atomic mass is 9.72. The van der Waals surface area contributed by atoms with Crippen molar-refractivity contribution in [1.29, 1.82) is 0 Å². The number of aryl methyl sites for hydroxylation is 1. The van der Waals surface area contributed by atoms with Crippen LogP contribution in [0.1, 0.15) is 34.8 Å². The van der Waals surface area contributed by atoms with E-state index in [0.717, 1.165) is 22.5 Å². The van der Waals surface area contributed by atoms with E-state index in [1.54, 1.807) is 4.90 Å². The van der Waals surface area contributed by atoms with Crippen molar-refractivity contribution in [3.05, 3.63) is 95.6 Å². The maximum atomic E-state index is 13.6. The van der Waals surface area contributed by atoms with E-state index in [0.29, 0.717) is 12.0 Å². The summed E-state index contributed by atoms with van der Waals surface area (Å²) in [6.45, 7) is 4.07. The van der Waals surface area contributed by atoms with E-state index in [1.165, 1.54) is 0 Å². The van der Waals surface area contributed by atoms with Crippen LogP contribution in [-0.2, 0) is 10.3 Å². The van der Waals surface area contributed by atoms with Crippen molar-refractivity contribution < 1.29 is 9.59 Å². The van der Waals surface area contributed by atoms with Gasteiger partial charge in [0.2, 0.25) is 5.91 Å². The average molecular weight is 431 g/mol. The predicted octanol–water partition coefficient (Wildman–Crippen LogP) is 5.28. The smallest absolute Gasteiger partial charge is 0.258 e. The van der Waals surface area contributed by atoms with E-state index >= 15 is 0 Å². The maximum Gasteiger partial charge on any atom is 0.258 e. The van der Waals surface area contributed by atoms with Gasteiger partial charge in [-0.1, -0.05) is 60.2 Å². The molecule has 0 spiro atoms. The second-order valence-electron chi connectivity index (χ2n) is 8.41. The number of nitrogens with zero attached hydrogens (tertiary/aromatic N) is 2. The highest BCUT2D eigenvalue weighted by Gasteiger charge is 2.63. The van der Waals surface area contributed by atoms with E-state index in [4.69, 9.17) is 11.6 Å². The number of alkyl halides is 1. The summed E-state index contributed by atoms with van der Waals surface area (Å²) in [5, 5.41) is -0.683. The van der Waals surface area contributed by atoms with Crippen LogP contribution >= 0.6 is 11.6 Å². The van der Waals surface area contributed by atoms with Gasteiger partial charge < -0.3 is 4.90 Å². The first-order chi connectivity index (χ1) is 14.9. The first-order valence-corrected chi connectivity index (χ1v) is 10.9. The first kappa shape index (κ1) is 19.8. The fraction of sp³-hybridized carbons (Fsp3) is 0.231. The predicted molar refractivity (Wildman–Crippen MR) is 124 cm³/mol. The third kappa shape index (κ3) is 2.82. The van der Waals surface area contributed by atoms with Gasteiger partial charge in [0.15, 0.2) is 0 Å². The quantitative estimate of drug-likeness (QED) is 0.409. The van der Waals surface area contributed by atoms with Crippen LogP contribution in [0.15, 0.2) is 78.9 Å². The maximum absolute atomic E-state index is 13.6. The normalized spacial score (nSPS) is 24.7. The van der Waals surface area contributed by atoms with Gasteiger partial charge in [0, 0.05) is 11.6 Å². The molecule has 156 valence electrons. The number of anilines is 2. The Bertz CT molecular complexity index is 1160. The highest BCUT2D eigenvalue weighted by molar-refractivity contribution is 6.38. The summed E-state index contributed by atoms with van der Waals surface area (Å²) >= 11 is 6.76. The van der Waals surface area contributed by atoms with Gasteiger partial charge in [-0.05, 0) is 50.1 Å². The van der Waals surface area contributed by atoms with E-state index in [2.05, 4.69) is 0 Å². The summed E-state index contributed by atoms with van der Waals surface area (Å²) in [5.41, 5.74) is 3.51. The SMILES string of the molecule is Cc1ccc([C@]23C[C@H](C)N(C(=O)c4ccccc4)c4ccccc4N2C(=O)[C@@H]3Cl)cc1. The number of hydrogen-bond donors (Lipinski definition) is 0. The van der Waals surface area contributed by atoms with Crippen LogP contribution in [0.5, 0.6) is 0 Å². The Kier molecular flexibility index (Phi) is 4.63. The second-order valence-corrected chi connectivity index (χ2v) is 8.85. The van der Waals surface area contributed by atoms with Crippen molar-refractivity contribution in [1.82, 2.24) is 0 Å². The van der Waals surface area contributed by atoms with Crippen molar-refractivity contribution in [2.45, 2.75) is 37.2 Å². The number of β-lactam (4-membered cyclic amide) rings is 1. The number of amides is 2. The van der Waals surface area contributed by atoms with Crippen LogP contribution in [0.4, 0.5) is 11.4 Å². The molecule has 2 heterocycles. The van der Waals surface area contributed by atoms with Crippen LogP contribution in [-0.4, -0.2) is 23.2 Å². The molecule has 3 aromatic carbocycles. The van der Waals surface area contributed by atoms with Gasteiger partial charge in [-0.15, -0.1) is 11.6 Å². The minimum atomic E-state index is -0.701. The van der Waals surface area contributed by atoms with Crippen molar-refractivity contribution in [3.8, 4) is 0 Å². The van der Waals surface area contributed by atoms with Gasteiger partial charge >= 0.3 is 0 Å². The van der Waals surface area contributed by atoms with E-state index in [-0.39, 0.29) is 17.9 Å². The lowest BCUT2D eigenvalue weighted by Crippen LogP contribution is -2.71. The Balaban J connectivity index is 1.70. The fourth-order valence-electron chi connectivity index (χ4n) is 4.99. The molecule has 3 atom stereocenters. The molecule has 2 aliphatic heterocycles. The molecule has 0 saturated carbocycles. The first-order valence-electron chi connectivity index (χ1n) is 10.5. The van der Waals surface area contributed by atoms with Gasteiger partial charge in [0.05, 0.1) is 11.4 Å². The third-order valence-electron chi connectivity index (χ3n) is 6.48. The summed E-state index contributed by atoms with van der Waals surface area (Å²) in [5.74, 6) is -0.212. The van der Waals surface area contributed by atoms with Gasteiger partial charge in [-0.25, -0.2) is 0 Å². The van der Waals surface area contributed by atoms with E-state index < -0.39 is 10.9 Å². The molecular formula is C26H23ClN2O2. The number of carbonyl (C=O) groups excluding carboxylic acids is 2. The van der Waals surface area contributed by atoms with E-state index in [1.807, 2.05) is 97.6 Å². The van der Waals surface area contributed by atoms with Crippen LogP contribution in [0.25, 0.3) is 0 Å². The average Bonchev–Trinajstić information content (AvgIpc) is 2.90. The zero-order valence-corrected chi connectivity index (χ0v) is 18.2. The zero-order valence-electron chi connectivity index (χ0n) is 17.5. The van der Waals surface area contributed by atoms with Gasteiger partial charge in [0.1, 0.15) is 10.9 Å². The Hall–Kier alpha value is -3.11. The van der Waals surface area contributed by atoms with Crippen LogP contribution in [0.3, 0.4) is 0 Å². The highest BCUT2D eigenvalue weighted by atomic mass is 35.5. The lowest BCUT2D eigenvalue weighted by molar-refractivity contribution is -0.127. The molecule has 0 bridgehead atoms. The number of halogens is 1. The Morgan fingerprint density at radius 2 is 1.55 bits per heavy atom. The fourth-order valence-corrected chi connectivity index (χ4v) is 5.40. The number of benzene rings is 3. The summed E-state index contributed by atoms with van der Waals surface area (Å²) in [7, 11) is 0. The molecule has 1 saturated heterocycles. The second kappa shape index (κ2) is 7.24. The topological polar surface area (TPSA) is 40.6 Å². The number of carbonyl (C=O) groups is 2. The largest absolute Gasteiger partial charge is 0.303 e. The standard InChI is InChI=1S/C26H23ClN2O2/c1-17-12-14-20(15-13-17)26-16-18(2)28(24(30)19-8-4-3-5-9-19)21-10-6-7-11-22(21)29(26)25(31)23(26)27/h3-15,18,23H,16H2,1-2H3/t18-,23-,26-/m0/s1. The number of para-hydroxylation sites is 2. The summed E-state index contributed by atoms with van der Waals surface area (Å²) < 4.78 is 0. The molecule has 1 fully saturated rings. The van der Waals surface area contributed by atoms with Crippen molar-refractivity contribution in [3.63, 3.8) is 0 Å². The van der Waals surface area contributed by atoms with Crippen molar-refractivity contribution in [2.24, 2.45) is 0 Å². The molecule has 0 radical (unpaired) electrons. The molecule has 2 amide bonds. The molecule has 0 unspecified atom stereocenters. The minimum absolute atomic E-state index is 0.0827. The van der Waals surface area contributed by atoms with Crippen LogP contribution < -0.4 is 9.80 Å². The van der Waals surface area contributed by atoms with Crippen LogP contribution in [0.2, 0.25) is 0 Å². The van der Waals surface area contributed by atoms with Crippen molar-refractivity contribution >= 4 is 34.8 Å². The lowest BCUT2D eigenvalue weighted by Gasteiger charge is -2.55. The summed E-state index contributed by atoms with van der Waals surface area (Å²) in [6, 6.07) is 24.9. The highest BCUT2D eigenvalue weighted by Crippen LogP contribution is 2.55. The summed E-state index contributed by atoms with van der Waals surface area (Å²) in [4.78, 5) is 30.3. The number of hydrogen-bond acceptors (Lipinski definition) is 2. The summed E-state index contributed by atoms with van der Waals surface area (Å²) in [6.07, 6.45) is 0.545. The molecule has 31 heavy (non-hydrogen) atoms. The molecule has 2 aliphatic rings. The molecule has 0 N–H and O–H groups in total. The van der Waals surface area contributed by atoms with Crippen LogP contribution in [0, 0.1) is 6.92 Å². The van der Waals surface area contributed by atoms with Gasteiger partial charge in [-0.2, -0.15) is 0 Å². The molecule has 5 heteroatoms. The molecule has 3 aromatic rings. The minimum Gasteiger partial charge on any atom is -0.303 e. The third-order valence-corrected chi connectivity index (χ3v) is 7.02. The molecular weight excluding hydrogens is 408 g/mol. The molecule has 0 aliphatic carbocycles. The number of rotatable bonds is 2. The molecule has 4 nitrogen and oxygen atoms in total. The molecule has 5 rings (SSSR count). The Morgan fingerprint density at radius 3 is 2.23 bits per heavy atom. The number of fused-ring (bicyclic) bond motifs is 3.